The fraction of sp³-hybridized carbons (Fsp3) is 0.188. The monoisotopic (exact) mass is 329 g/mol. The number of benzene rings is 2. The SMILES string of the molecule is COc1ccccc1CN/N=C/c1cc2c(cc1[N+](=O)[O-])OCO2. The van der Waals surface area contributed by atoms with Crippen LogP contribution in [-0.4, -0.2) is 25.0 Å². The van der Waals surface area contributed by atoms with Crippen molar-refractivity contribution in [3.63, 3.8) is 0 Å². The van der Waals surface area contributed by atoms with Gasteiger partial charge in [-0.2, -0.15) is 5.10 Å². The van der Waals surface area contributed by atoms with Crippen LogP contribution in [0, 0.1) is 10.1 Å². The number of nitrogens with zero attached hydrogens (tertiary/aromatic N) is 2. The molecule has 0 amide bonds. The smallest absolute Gasteiger partial charge is 0.282 e. The first-order valence-electron chi connectivity index (χ1n) is 7.15. The Balaban J connectivity index is 1.74. The Morgan fingerprint density at radius 3 is 2.83 bits per heavy atom. The molecule has 124 valence electrons. The molecule has 24 heavy (non-hydrogen) atoms. The van der Waals surface area contributed by atoms with Gasteiger partial charge in [-0.05, 0) is 12.1 Å². The highest BCUT2D eigenvalue weighted by Crippen LogP contribution is 2.37. The van der Waals surface area contributed by atoms with Crippen molar-refractivity contribution in [1.29, 1.82) is 0 Å². The second kappa shape index (κ2) is 6.86. The number of rotatable bonds is 6. The van der Waals surface area contributed by atoms with E-state index in [9.17, 15) is 10.1 Å². The standard InChI is InChI=1S/C16H15N3O5/c1-22-14-5-3-2-4-11(14)8-17-18-9-12-6-15-16(24-10-23-15)7-13(12)19(20)21/h2-7,9,17H,8,10H2,1H3/b18-9+. The molecule has 0 bridgehead atoms. The van der Waals surface area contributed by atoms with E-state index in [1.54, 1.807) is 7.11 Å². The maximum Gasteiger partial charge on any atom is 0.282 e. The lowest BCUT2D eigenvalue weighted by atomic mass is 10.1. The quantitative estimate of drug-likeness (QED) is 0.497. The fourth-order valence-corrected chi connectivity index (χ4v) is 2.30. The van der Waals surface area contributed by atoms with Crippen LogP contribution >= 0.6 is 0 Å². The second-order valence-corrected chi connectivity index (χ2v) is 4.93. The molecule has 3 rings (SSSR count). The summed E-state index contributed by atoms with van der Waals surface area (Å²) in [5, 5.41) is 15.2. The fourth-order valence-electron chi connectivity index (χ4n) is 2.30. The maximum atomic E-state index is 11.2. The van der Waals surface area contributed by atoms with Gasteiger partial charge in [0.05, 0.1) is 36.4 Å². The molecular weight excluding hydrogens is 314 g/mol. The molecule has 0 radical (unpaired) electrons. The molecule has 1 N–H and O–H groups in total. The van der Waals surface area contributed by atoms with Crippen LogP contribution in [-0.2, 0) is 6.54 Å². The summed E-state index contributed by atoms with van der Waals surface area (Å²) in [6.45, 7) is 0.484. The van der Waals surface area contributed by atoms with Gasteiger partial charge in [0.1, 0.15) is 5.75 Å². The summed E-state index contributed by atoms with van der Waals surface area (Å²) >= 11 is 0. The first-order valence-corrected chi connectivity index (χ1v) is 7.15. The summed E-state index contributed by atoms with van der Waals surface area (Å²) in [7, 11) is 1.60. The van der Waals surface area contributed by atoms with Gasteiger partial charge in [-0.3, -0.25) is 10.1 Å². The van der Waals surface area contributed by atoms with Crippen molar-refractivity contribution in [2.45, 2.75) is 6.54 Å². The highest BCUT2D eigenvalue weighted by molar-refractivity contribution is 5.87. The van der Waals surface area contributed by atoms with Crippen molar-refractivity contribution >= 4 is 11.9 Å². The Hall–Kier alpha value is -3.29. The van der Waals surface area contributed by atoms with E-state index in [1.165, 1.54) is 18.3 Å². The van der Waals surface area contributed by atoms with Gasteiger partial charge in [0.15, 0.2) is 11.5 Å². The lowest BCUT2D eigenvalue weighted by Gasteiger charge is -2.07. The van der Waals surface area contributed by atoms with Crippen LogP contribution in [0.25, 0.3) is 0 Å². The number of hydrogen-bond donors (Lipinski definition) is 1. The molecule has 0 spiro atoms. The van der Waals surface area contributed by atoms with Gasteiger partial charge in [0.25, 0.3) is 5.69 Å². The van der Waals surface area contributed by atoms with E-state index in [1.807, 2.05) is 24.3 Å². The van der Waals surface area contributed by atoms with Crippen molar-refractivity contribution in [2.75, 3.05) is 13.9 Å². The number of nitrogens with one attached hydrogen (secondary N) is 1. The Bertz CT molecular complexity index is 791. The van der Waals surface area contributed by atoms with E-state index in [4.69, 9.17) is 14.2 Å². The number of methoxy groups -OCH3 is 1. The molecule has 8 nitrogen and oxygen atoms in total. The third kappa shape index (κ3) is 3.22. The summed E-state index contributed by atoms with van der Waals surface area (Å²) in [6, 6.07) is 10.4. The lowest BCUT2D eigenvalue weighted by molar-refractivity contribution is -0.385. The minimum Gasteiger partial charge on any atom is -0.496 e. The van der Waals surface area contributed by atoms with Gasteiger partial charge < -0.3 is 19.6 Å². The third-order valence-corrected chi connectivity index (χ3v) is 3.48. The zero-order valence-electron chi connectivity index (χ0n) is 12.9. The highest BCUT2D eigenvalue weighted by atomic mass is 16.7. The first kappa shape index (κ1) is 15.6. The number of para-hydroxylation sites is 1. The molecule has 2 aromatic carbocycles. The molecule has 1 aliphatic rings. The number of nitro groups is 1. The molecule has 0 saturated carbocycles. The Morgan fingerprint density at radius 2 is 2.08 bits per heavy atom. The van der Waals surface area contributed by atoms with E-state index >= 15 is 0 Å². The molecule has 0 atom stereocenters. The molecule has 0 aliphatic carbocycles. The van der Waals surface area contributed by atoms with E-state index in [0.29, 0.717) is 23.6 Å². The average Bonchev–Trinajstić information content (AvgIpc) is 3.05. The van der Waals surface area contributed by atoms with E-state index < -0.39 is 4.92 Å². The molecule has 0 aromatic heterocycles. The Kier molecular flexibility index (Phi) is 4.46. The zero-order chi connectivity index (χ0) is 16.9. The summed E-state index contributed by atoms with van der Waals surface area (Å²) < 4.78 is 15.6. The topological polar surface area (TPSA) is 95.2 Å². The van der Waals surface area contributed by atoms with Gasteiger partial charge in [-0.25, -0.2) is 0 Å². The molecule has 1 aliphatic heterocycles. The third-order valence-electron chi connectivity index (χ3n) is 3.48. The van der Waals surface area contributed by atoms with E-state index in [-0.39, 0.29) is 12.5 Å². The maximum absolute atomic E-state index is 11.2. The number of nitro benzene ring substituents is 1. The average molecular weight is 329 g/mol. The molecule has 0 fully saturated rings. The van der Waals surface area contributed by atoms with Gasteiger partial charge in [-0.15, -0.1) is 0 Å². The van der Waals surface area contributed by atoms with Crippen LogP contribution in [0.1, 0.15) is 11.1 Å². The van der Waals surface area contributed by atoms with Crippen LogP contribution in [0.4, 0.5) is 5.69 Å². The minimum absolute atomic E-state index is 0.0547. The second-order valence-electron chi connectivity index (χ2n) is 4.93. The van der Waals surface area contributed by atoms with Crippen molar-refractivity contribution in [3.05, 3.63) is 57.6 Å². The van der Waals surface area contributed by atoms with Gasteiger partial charge in [-0.1, -0.05) is 18.2 Å². The summed E-state index contributed by atoms with van der Waals surface area (Å²) in [5.41, 5.74) is 4.02. The lowest BCUT2D eigenvalue weighted by Crippen LogP contribution is -2.07. The van der Waals surface area contributed by atoms with Gasteiger partial charge in [0.2, 0.25) is 6.79 Å². The number of fused-ring (bicyclic) bond motifs is 1. The molecular formula is C16H15N3O5. The molecule has 2 aromatic rings. The summed E-state index contributed by atoms with van der Waals surface area (Å²) in [4.78, 5) is 10.7. The minimum atomic E-state index is -0.483. The number of hydrazone groups is 1. The van der Waals surface area contributed by atoms with Crippen LogP contribution in [0.3, 0.4) is 0 Å². The molecule has 1 heterocycles. The summed E-state index contributed by atoms with van der Waals surface area (Å²) in [6.07, 6.45) is 1.38. The van der Waals surface area contributed by atoms with Crippen molar-refractivity contribution in [3.8, 4) is 17.2 Å². The molecule has 0 saturated heterocycles. The Morgan fingerprint density at radius 1 is 1.33 bits per heavy atom. The normalized spacial score (nSPS) is 12.4. The van der Waals surface area contributed by atoms with Crippen molar-refractivity contribution in [1.82, 2.24) is 5.43 Å². The number of ether oxygens (including phenoxy) is 3. The van der Waals surface area contributed by atoms with Gasteiger partial charge >= 0.3 is 0 Å². The first-order chi connectivity index (χ1) is 11.7. The predicted molar refractivity (Wildman–Crippen MR) is 86.6 cm³/mol. The van der Waals surface area contributed by atoms with E-state index in [0.717, 1.165) is 11.3 Å². The summed E-state index contributed by atoms with van der Waals surface area (Å²) in [5.74, 6) is 1.57. The Labute approximate surface area is 137 Å². The van der Waals surface area contributed by atoms with Crippen LogP contribution in [0.2, 0.25) is 0 Å². The zero-order valence-corrected chi connectivity index (χ0v) is 12.9. The van der Waals surface area contributed by atoms with Crippen LogP contribution in [0.15, 0.2) is 41.5 Å². The highest BCUT2D eigenvalue weighted by Gasteiger charge is 2.22. The van der Waals surface area contributed by atoms with Crippen molar-refractivity contribution in [2.24, 2.45) is 5.10 Å². The van der Waals surface area contributed by atoms with Crippen LogP contribution < -0.4 is 19.6 Å². The van der Waals surface area contributed by atoms with E-state index in [2.05, 4.69) is 10.5 Å². The van der Waals surface area contributed by atoms with Gasteiger partial charge in [0, 0.05) is 5.56 Å². The molecule has 0 unspecified atom stereocenters. The number of hydrogen-bond acceptors (Lipinski definition) is 7. The molecule has 8 heteroatoms. The predicted octanol–water partition coefficient (Wildman–Crippen LogP) is 2.46. The largest absolute Gasteiger partial charge is 0.496 e. The van der Waals surface area contributed by atoms with Crippen LogP contribution in [0.5, 0.6) is 17.2 Å². The van der Waals surface area contributed by atoms with Crippen molar-refractivity contribution < 1.29 is 19.1 Å².